The van der Waals surface area contributed by atoms with E-state index in [9.17, 15) is 13.2 Å². The minimum atomic E-state index is -5.08. The summed E-state index contributed by atoms with van der Waals surface area (Å²) in [6.07, 6.45) is 5.42. The van der Waals surface area contributed by atoms with Crippen molar-refractivity contribution >= 4 is 5.97 Å². The molecule has 3 aliphatic heterocycles. The van der Waals surface area contributed by atoms with Crippen LogP contribution in [0.2, 0.25) is 0 Å². The third-order valence-electron chi connectivity index (χ3n) is 6.49. The Kier molecular flexibility index (Phi) is 7.81. The molecule has 1 N–H and O–H groups in total. The second-order valence-electron chi connectivity index (χ2n) is 8.67. The first-order chi connectivity index (χ1) is 13.8. The topological polar surface area (TPSA) is 68.2 Å². The van der Waals surface area contributed by atoms with Gasteiger partial charge in [0.15, 0.2) is 0 Å². The zero-order chi connectivity index (χ0) is 20.9. The number of hydrogen-bond acceptors (Lipinski definition) is 5. The lowest BCUT2D eigenvalue weighted by atomic mass is 9.84. The number of carboxylic acids is 1. The van der Waals surface area contributed by atoms with E-state index in [-0.39, 0.29) is 5.60 Å². The molecule has 168 valence electrons. The van der Waals surface area contributed by atoms with E-state index in [0.29, 0.717) is 12.0 Å². The smallest absolute Gasteiger partial charge is 0.475 e. The fourth-order valence-electron chi connectivity index (χ4n) is 4.58. The highest BCUT2D eigenvalue weighted by atomic mass is 19.4. The Hall–Kier alpha value is -0.900. The molecule has 0 aromatic rings. The molecule has 0 unspecified atom stereocenters. The van der Waals surface area contributed by atoms with Crippen molar-refractivity contribution in [3.63, 3.8) is 0 Å². The SMILES string of the molecule is C1CC(N2CCC[C@]3(C[C@@H](OCC4CCOCC4)CO3)C2)C1.O=C(O)C(F)(F)F. The first kappa shape index (κ1) is 22.8. The average Bonchev–Trinajstić information content (AvgIpc) is 3.01. The van der Waals surface area contributed by atoms with Crippen LogP contribution in [0.3, 0.4) is 0 Å². The fourth-order valence-corrected chi connectivity index (χ4v) is 4.58. The predicted octanol–water partition coefficient (Wildman–Crippen LogP) is 3.24. The summed E-state index contributed by atoms with van der Waals surface area (Å²) in [4.78, 5) is 11.6. The molecule has 0 aromatic heterocycles. The van der Waals surface area contributed by atoms with E-state index in [4.69, 9.17) is 24.1 Å². The van der Waals surface area contributed by atoms with Gasteiger partial charge in [-0.25, -0.2) is 4.79 Å². The third kappa shape index (κ3) is 6.54. The lowest BCUT2D eigenvalue weighted by Gasteiger charge is -2.46. The van der Waals surface area contributed by atoms with Crippen molar-refractivity contribution in [2.24, 2.45) is 5.92 Å². The molecule has 29 heavy (non-hydrogen) atoms. The molecule has 3 saturated heterocycles. The summed E-state index contributed by atoms with van der Waals surface area (Å²) in [5, 5.41) is 7.12. The van der Waals surface area contributed by atoms with Crippen molar-refractivity contribution in [2.45, 2.75) is 75.3 Å². The Morgan fingerprint density at radius 2 is 1.86 bits per heavy atom. The maximum absolute atomic E-state index is 10.6. The van der Waals surface area contributed by atoms with Gasteiger partial charge in [-0.1, -0.05) is 6.42 Å². The van der Waals surface area contributed by atoms with E-state index in [1.807, 2.05) is 0 Å². The van der Waals surface area contributed by atoms with Gasteiger partial charge in [0.1, 0.15) is 0 Å². The van der Waals surface area contributed by atoms with Crippen LogP contribution in [0.4, 0.5) is 13.2 Å². The number of ether oxygens (including phenoxy) is 3. The number of rotatable bonds is 4. The number of aliphatic carboxylic acids is 1. The van der Waals surface area contributed by atoms with E-state index in [1.54, 1.807) is 0 Å². The molecule has 1 saturated carbocycles. The normalized spacial score (nSPS) is 31.9. The van der Waals surface area contributed by atoms with Crippen molar-refractivity contribution in [3.8, 4) is 0 Å². The summed E-state index contributed by atoms with van der Waals surface area (Å²) in [7, 11) is 0. The van der Waals surface area contributed by atoms with Crippen molar-refractivity contribution < 1.29 is 37.3 Å². The molecule has 9 heteroatoms. The van der Waals surface area contributed by atoms with Gasteiger partial charge in [0.05, 0.1) is 24.9 Å². The van der Waals surface area contributed by atoms with Gasteiger partial charge < -0.3 is 19.3 Å². The Morgan fingerprint density at radius 3 is 2.45 bits per heavy atom. The van der Waals surface area contributed by atoms with Crippen LogP contribution in [-0.2, 0) is 19.0 Å². The van der Waals surface area contributed by atoms with Gasteiger partial charge >= 0.3 is 12.1 Å². The molecule has 4 aliphatic rings. The van der Waals surface area contributed by atoms with Gasteiger partial charge in [-0.15, -0.1) is 0 Å². The van der Waals surface area contributed by atoms with Crippen molar-refractivity contribution in [1.82, 2.24) is 4.90 Å². The Bertz CT molecular complexity index is 537. The molecule has 4 fully saturated rings. The predicted molar refractivity (Wildman–Crippen MR) is 98.7 cm³/mol. The first-order valence-corrected chi connectivity index (χ1v) is 10.6. The van der Waals surface area contributed by atoms with Crippen LogP contribution in [-0.4, -0.2) is 79.4 Å². The highest BCUT2D eigenvalue weighted by Crippen LogP contribution is 2.39. The standard InChI is InChI=1S/C18H31NO3.C2HF3O2/c1-3-16(4-1)19-8-2-7-18(14-19)11-17(13-22-18)21-12-15-5-9-20-10-6-15;3-2(4,5)1(6)7/h15-17H,1-14H2;(H,6,7)/t17-,18+;/m1./s1. The third-order valence-corrected chi connectivity index (χ3v) is 6.49. The molecule has 3 heterocycles. The molecule has 0 aromatic carbocycles. The van der Waals surface area contributed by atoms with Crippen LogP contribution in [0.25, 0.3) is 0 Å². The zero-order valence-corrected chi connectivity index (χ0v) is 16.8. The van der Waals surface area contributed by atoms with Crippen molar-refractivity contribution in [1.29, 1.82) is 0 Å². The van der Waals surface area contributed by atoms with Gasteiger partial charge in [-0.2, -0.15) is 13.2 Å². The minimum Gasteiger partial charge on any atom is -0.475 e. The van der Waals surface area contributed by atoms with E-state index in [2.05, 4.69) is 4.90 Å². The van der Waals surface area contributed by atoms with Gasteiger partial charge in [-0.3, -0.25) is 4.90 Å². The molecule has 1 spiro atoms. The Morgan fingerprint density at radius 1 is 1.17 bits per heavy atom. The van der Waals surface area contributed by atoms with Gasteiger partial charge in [0, 0.05) is 32.2 Å². The number of likely N-dealkylation sites (tertiary alicyclic amines) is 1. The highest BCUT2D eigenvalue weighted by Gasteiger charge is 2.45. The van der Waals surface area contributed by atoms with Crippen molar-refractivity contribution in [3.05, 3.63) is 0 Å². The number of nitrogens with zero attached hydrogens (tertiary/aromatic N) is 1. The van der Waals surface area contributed by atoms with Crippen LogP contribution in [0, 0.1) is 5.92 Å². The first-order valence-electron chi connectivity index (χ1n) is 10.6. The fraction of sp³-hybridized carbons (Fsp3) is 0.950. The second-order valence-corrected chi connectivity index (χ2v) is 8.67. The van der Waals surface area contributed by atoms with E-state index in [1.165, 1.54) is 38.6 Å². The van der Waals surface area contributed by atoms with E-state index in [0.717, 1.165) is 58.3 Å². The zero-order valence-electron chi connectivity index (χ0n) is 16.8. The quantitative estimate of drug-likeness (QED) is 0.749. The summed E-state index contributed by atoms with van der Waals surface area (Å²) < 4.78 is 49.7. The molecule has 4 rings (SSSR count). The van der Waals surface area contributed by atoms with Crippen LogP contribution in [0.1, 0.15) is 51.4 Å². The monoisotopic (exact) mass is 423 g/mol. The van der Waals surface area contributed by atoms with Gasteiger partial charge in [0.25, 0.3) is 0 Å². The van der Waals surface area contributed by atoms with Crippen LogP contribution < -0.4 is 0 Å². The maximum atomic E-state index is 10.6. The molecule has 2 atom stereocenters. The Labute approximate surface area is 169 Å². The lowest BCUT2D eigenvalue weighted by molar-refractivity contribution is -0.192. The van der Waals surface area contributed by atoms with Crippen LogP contribution in [0.15, 0.2) is 0 Å². The molecular formula is C20H32F3NO5. The summed E-state index contributed by atoms with van der Waals surface area (Å²) in [5.41, 5.74) is 0.105. The molecule has 0 bridgehead atoms. The largest absolute Gasteiger partial charge is 0.490 e. The van der Waals surface area contributed by atoms with E-state index >= 15 is 0 Å². The number of alkyl halides is 3. The number of carbonyl (C=O) groups is 1. The van der Waals surface area contributed by atoms with Crippen molar-refractivity contribution in [2.75, 3.05) is 39.5 Å². The summed E-state index contributed by atoms with van der Waals surface area (Å²) in [6, 6.07) is 0.850. The highest BCUT2D eigenvalue weighted by molar-refractivity contribution is 5.73. The van der Waals surface area contributed by atoms with Gasteiger partial charge in [0.2, 0.25) is 0 Å². The molecular weight excluding hydrogens is 391 g/mol. The van der Waals surface area contributed by atoms with E-state index < -0.39 is 12.1 Å². The minimum absolute atomic E-state index is 0.105. The second kappa shape index (κ2) is 9.94. The number of halogens is 3. The molecule has 1 aliphatic carbocycles. The molecule has 6 nitrogen and oxygen atoms in total. The summed E-state index contributed by atoms with van der Waals surface area (Å²) in [5.74, 6) is -2.06. The molecule has 0 radical (unpaired) electrons. The van der Waals surface area contributed by atoms with Gasteiger partial charge in [-0.05, 0) is 51.0 Å². The summed E-state index contributed by atoms with van der Waals surface area (Å²) >= 11 is 0. The number of piperidine rings is 1. The number of hydrogen-bond donors (Lipinski definition) is 1. The van der Waals surface area contributed by atoms with Crippen LogP contribution in [0.5, 0.6) is 0 Å². The maximum Gasteiger partial charge on any atom is 0.490 e. The average molecular weight is 423 g/mol. The lowest BCUT2D eigenvalue weighted by Crippen LogP contribution is -2.53. The summed E-state index contributed by atoms with van der Waals surface area (Å²) in [6.45, 7) is 5.96. The number of carboxylic acid groups (broad SMARTS) is 1. The molecule has 0 amide bonds. The Balaban J connectivity index is 0.000000298. The van der Waals surface area contributed by atoms with Crippen LogP contribution >= 0.6 is 0 Å².